The van der Waals surface area contributed by atoms with E-state index in [0.717, 1.165) is 36.2 Å². The molecule has 1 heterocycles. The van der Waals surface area contributed by atoms with Crippen molar-refractivity contribution in [2.24, 2.45) is 11.7 Å². The van der Waals surface area contributed by atoms with Gasteiger partial charge in [0.2, 0.25) is 0 Å². The number of hydrogen-bond donors (Lipinski definition) is 1. The molecule has 4 heteroatoms. The van der Waals surface area contributed by atoms with Crippen LogP contribution < -0.4 is 5.73 Å². The third-order valence-corrected chi connectivity index (χ3v) is 4.54. The van der Waals surface area contributed by atoms with Gasteiger partial charge in [-0.15, -0.1) is 0 Å². The minimum absolute atomic E-state index is 0.0586. The van der Waals surface area contributed by atoms with Gasteiger partial charge >= 0.3 is 0 Å². The molecule has 1 unspecified atom stereocenters. The van der Waals surface area contributed by atoms with Gasteiger partial charge in [-0.1, -0.05) is 18.2 Å². The number of hydrogen-bond acceptors (Lipinski definition) is 2. The molecular formula is C19H21FN2O. The molecule has 0 aromatic heterocycles. The second-order valence-corrected chi connectivity index (χ2v) is 6.18. The highest BCUT2D eigenvalue weighted by molar-refractivity contribution is 5.95. The van der Waals surface area contributed by atoms with E-state index in [1.807, 2.05) is 36.1 Å². The van der Waals surface area contributed by atoms with Crippen molar-refractivity contribution in [3.05, 3.63) is 59.4 Å². The highest BCUT2D eigenvalue weighted by Crippen LogP contribution is 2.25. The molecule has 0 saturated carbocycles. The molecule has 2 aromatic carbocycles. The average molecular weight is 312 g/mol. The van der Waals surface area contributed by atoms with Crippen LogP contribution in [0.5, 0.6) is 0 Å². The molecule has 1 fully saturated rings. The summed E-state index contributed by atoms with van der Waals surface area (Å²) in [5, 5.41) is 0. The Kier molecular flexibility index (Phi) is 4.44. The predicted molar refractivity (Wildman–Crippen MR) is 89.6 cm³/mol. The number of rotatable bonds is 3. The third-order valence-electron chi connectivity index (χ3n) is 4.54. The Bertz CT molecular complexity index is 712. The fourth-order valence-corrected chi connectivity index (χ4v) is 3.14. The molecule has 3 rings (SSSR count). The van der Waals surface area contributed by atoms with Gasteiger partial charge < -0.3 is 10.6 Å². The van der Waals surface area contributed by atoms with E-state index < -0.39 is 0 Å². The number of benzene rings is 2. The van der Waals surface area contributed by atoms with E-state index in [2.05, 4.69) is 0 Å². The summed E-state index contributed by atoms with van der Waals surface area (Å²) in [6.07, 6.45) is 0.981. The Morgan fingerprint density at radius 2 is 2.00 bits per heavy atom. The zero-order valence-corrected chi connectivity index (χ0v) is 13.3. The van der Waals surface area contributed by atoms with Crippen LogP contribution in [0.4, 0.5) is 4.39 Å². The molecule has 1 aliphatic rings. The van der Waals surface area contributed by atoms with E-state index in [1.165, 1.54) is 12.1 Å². The first kappa shape index (κ1) is 15.7. The second kappa shape index (κ2) is 6.50. The summed E-state index contributed by atoms with van der Waals surface area (Å²) >= 11 is 0. The van der Waals surface area contributed by atoms with Crippen molar-refractivity contribution in [2.75, 3.05) is 19.6 Å². The average Bonchev–Trinajstić information content (AvgIpc) is 3.03. The molecule has 23 heavy (non-hydrogen) atoms. The van der Waals surface area contributed by atoms with Crippen molar-refractivity contribution < 1.29 is 9.18 Å². The molecule has 1 aliphatic heterocycles. The minimum Gasteiger partial charge on any atom is -0.338 e. The molecule has 3 nitrogen and oxygen atoms in total. The summed E-state index contributed by atoms with van der Waals surface area (Å²) in [5.41, 5.74) is 9.22. The molecule has 2 aromatic rings. The number of carbonyl (C=O) groups is 1. The van der Waals surface area contributed by atoms with Gasteiger partial charge in [-0.3, -0.25) is 4.79 Å². The van der Waals surface area contributed by atoms with Crippen LogP contribution in [0.25, 0.3) is 11.1 Å². The van der Waals surface area contributed by atoms with E-state index in [1.54, 1.807) is 6.07 Å². The zero-order chi connectivity index (χ0) is 16.4. The van der Waals surface area contributed by atoms with E-state index >= 15 is 0 Å². The summed E-state index contributed by atoms with van der Waals surface area (Å²) in [6, 6.07) is 12.3. The van der Waals surface area contributed by atoms with Crippen molar-refractivity contribution >= 4 is 5.91 Å². The Morgan fingerprint density at radius 3 is 2.61 bits per heavy atom. The molecule has 1 amide bonds. The van der Waals surface area contributed by atoms with Gasteiger partial charge in [-0.25, -0.2) is 4.39 Å². The van der Waals surface area contributed by atoms with Crippen LogP contribution in [0.2, 0.25) is 0 Å². The Hall–Kier alpha value is -2.20. The quantitative estimate of drug-likeness (QED) is 0.946. The standard InChI is InChI=1S/C19H21FN2O/c1-13-10-17(20)6-7-18(13)15-2-4-16(5-3-15)19(23)22-9-8-14(11-21)12-22/h2-7,10,14H,8-9,11-12,21H2,1H3. The van der Waals surface area contributed by atoms with E-state index in [0.29, 0.717) is 18.0 Å². The van der Waals surface area contributed by atoms with Crippen LogP contribution in [0, 0.1) is 18.7 Å². The number of nitrogens with zero attached hydrogens (tertiary/aromatic N) is 1. The number of nitrogens with two attached hydrogens (primary N) is 1. The summed E-state index contributed by atoms with van der Waals surface area (Å²) < 4.78 is 13.2. The van der Waals surface area contributed by atoms with Crippen LogP contribution in [0.1, 0.15) is 22.3 Å². The first-order chi connectivity index (χ1) is 11.1. The maximum absolute atomic E-state index is 13.2. The van der Waals surface area contributed by atoms with E-state index in [-0.39, 0.29) is 11.7 Å². The minimum atomic E-state index is -0.235. The Balaban J connectivity index is 1.78. The molecule has 120 valence electrons. The van der Waals surface area contributed by atoms with Gasteiger partial charge in [0.15, 0.2) is 0 Å². The second-order valence-electron chi connectivity index (χ2n) is 6.18. The van der Waals surface area contributed by atoms with Gasteiger partial charge in [0.25, 0.3) is 5.91 Å². The number of halogens is 1. The first-order valence-electron chi connectivity index (χ1n) is 7.94. The van der Waals surface area contributed by atoms with Gasteiger partial charge in [0, 0.05) is 18.7 Å². The molecular weight excluding hydrogens is 291 g/mol. The largest absolute Gasteiger partial charge is 0.338 e. The number of carbonyl (C=O) groups excluding carboxylic acids is 1. The van der Waals surface area contributed by atoms with Gasteiger partial charge in [-0.2, -0.15) is 0 Å². The molecule has 2 N–H and O–H groups in total. The van der Waals surface area contributed by atoms with Crippen LogP contribution in [0.15, 0.2) is 42.5 Å². The monoisotopic (exact) mass is 312 g/mol. The molecule has 0 aliphatic carbocycles. The molecule has 0 bridgehead atoms. The number of amides is 1. The lowest BCUT2D eigenvalue weighted by molar-refractivity contribution is 0.0787. The normalized spacial score (nSPS) is 17.5. The lowest BCUT2D eigenvalue weighted by Crippen LogP contribution is -2.29. The van der Waals surface area contributed by atoms with Crippen LogP contribution in [0.3, 0.4) is 0 Å². The van der Waals surface area contributed by atoms with E-state index in [9.17, 15) is 9.18 Å². The highest BCUT2D eigenvalue weighted by Gasteiger charge is 2.25. The number of likely N-dealkylation sites (tertiary alicyclic amines) is 1. The Morgan fingerprint density at radius 1 is 1.26 bits per heavy atom. The summed E-state index contributed by atoms with van der Waals surface area (Å²) in [5.74, 6) is 0.241. The smallest absolute Gasteiger partial charge is 0.253 e. The molecule has 0 radical (unpaired) electrons. The predicted octanol–water partition coefficient (Wildman–Crippen LogP) is 3.22. The van der Waals surface area contributed by atoms with Crippen molar-refractivity contribution in [1.82, 2.24) is 4.90 Å². The van der Waals surface area contributed by atoms with Crippen molar-refractivity contribution in [3.63, 3.8) is 0 Å². The summed E-state index contributed by atoms with van der Waals surface area (Å²) in [4.78, 5) is 14.4. The first-order valence-corrected chi connectivity index (χ1v) is 7.94. The van der Waals surface area contributed by atoms with Gasteiger partial charge in [-0.05, 0) is 66.8 Å². The topological polar surface area (TPSA) is 46.3 Å². The van der Waals surface area contributed by atoms with Crippen LogP contribution in [-0.4, -0.2) is 30.4 Å². The van der Waals surface area contributed by atoms with Crippen molar-refractivity contribution in [3.8, 4) is 11.1 Å². The van der Waals surface area contributed by atoms with Gasteiger partial charge in [0.05, 0.1) is 0 Å². The highest BCUT2D eigenvalue weighted by atomic mass is 19.1. The zero-order valence-electron chi connectivity index (χ0n) is 13.3. The third kappa shape index (κ3) is 3.27. The summed E-state index contributed by atoms with van der Waals surface area (Å²) in [6.45, 7) is 4.04. The van der Waals surface area contributed by atoms with E-state index in [4.69, 9.17) is 5.73 Å². The van der Waals surface area contributed by atoms with Crippen molar-refractivity contribution in [2.45, 2.75) is 13.3 Å². The fraction of sp³-hybridized carbons (Fsp3) is 0.316. The summed E-state index contributed by atoms with van der Waals surface area (Å²) in [7, 11) is 0. The number of aryl methyl sites for hydroxylation is 1. The molecule has 1 saturated heterocycles. The lowest BCUT2D eigenvalue weighted by Gasteiger charge is -2.16. The Labute approximate surface area is 135 Å². The molecule has 0 spiro atoms. The fourth-order valence-electron chi connectivity index (χ4n) is 3.14. The van der Waals surface area contributed by atoms with Crippen LogP contribution in [-0.2, 0) is 0 Å². The maximum Gasteiger partial charge on any atom is 0.253 e. The van der Waals surface area contributed by atoms with Crippen molar-refractivity contribution in [1.29, 1.82) is 0 Å². The van der Waals surface area contributed by atoms with Crippen LogP contribution >= 0.6 is 0 Å². The SMILES string of the molecule is Cc1cc(F)ccc1-c1ccc(C(=O)N2CCC(CN)C2)cc1. The lowest BCUT2D eigenvalue weighted by atomic mass is 9.99. The van der Waals surface area contributed by atoms with Gasteiger partial charge in [0.1, 0.15) is 5.82 Å². The molecule has 1 atom stereocenters. The maximum atomic E-state index is 13.2.